The Hall–Kier alpha value is -2.46. The highest BCUT2D eigenvalue weighted by atomic mass is 35.5. The molecule has 0 radical (unpaired) electrons. The summed E-state index contributed by atoms with van der Waals surface area (Å²) in [5, 5.41) is 3.17. The highest BCUT2D eigenvalue weighted by Crippen LogP contribution is 2.35. The molecule has 1 amide bonds. The van der Waals surface area contributed by atoms with Gasteiger partial charge in [0.25, 0.3) is 0 Å². The third-order valence-electron chi connectivity index (χ3n) is 3.24. The van der Waals surface area contributed by atoms with E-state index in [0.29, 0.717) is 22.2 Å². The van der Waals surface area contributed by atoms with Crippen LogP contribution < -0.4 is 14.8 Å². The summed E-state index contributed by atoms with van der Waals surface area (Å²) in [6, 6.07) is 11.1. The zero-order chi connectivity index (χ0) is 16.8. The van der Waals surface area contributed by atoms with Crippen LogP contribution in [0.5, 0.6) is 11.5 Å². The average Bonchev–Trinajstić information content (AvgIpc) is 2.55. The van der Waals surface area contributed by atoms with Gasteiger partial charge in [0.1, 0.15) is 11.5 Å². The molecule has 0 aliphatic rings. The minimum Gasteiger partial charge on any atom is -0.495 e. The van der Waals surface area contributed by atoms with E-state index in [9.17, 15) is 4.79 Å². The van der Waals surface area contributed by atoms with Crippen molar-refractivity contribution in [2.45, 2.75) is 6.92 Å². The molecule has 0 atom stereocenters. The SMILES string of the molecule is COc1cc(NC(=O)C=Cc2ccc(C)cc2)c(OC)cc1Cl. The highest BCUT2D eigenvalue weighted by molar-refractivity contribution is 6.32. The molecule has 0 fully saturated rings. The van der Waals surface area contributed by atoms with Crippen molar-refractivity contribution < 1.29 is 14.3 Å². The smallest absolute Gasteiger partial charge is 0.248 e. The second-order valence-electron chi connectivity index (χ2n) is 4.92. The van der Waals surface area contributed by atoms with E-state index in [-0.39, 0.29) is 5.91 Å². The first kappa shape index (κ1) is 16.9. The van der Waals surface area contributed by atoms with Crippen LogP contribution in [-0.2, 0) is 4.79 Å². The predicted octanol–water partition coefficient (Wildman–Crippen LogP) is 4.32. The lowest BCUT2D eigenvalue weighted by molar-refractivity contribution is -0.111. The maximum Gasteiger partial charge on any atom is 0.248 e. The van der Waals surface area contributed by atoms with E-state index in [0.717, 1.165) is 5.56 Å². The molecular formula is C18H18ClNO3. The van der Waals surface area contributed by atoms with E-state index >= 15 is 0 Å². The molecule has 0 saturated heterocycles. The van der Waals surface area contributed by atoms with Crippen molar-refractivity contribution in [1.29, 1.82) is 0 Å². The number of methoxy groups -OCH3 is 2. The topological polar surface area (TPSA) is 47.6 Å². The van der Waals surface area contributed by atoms with Crippen molar-refractivity contribution >= 4 is 29.3 Å². The van der Waals surface area contributed by atoms with Crippen molar-refractivity contribution in [3.05, 3.63) is 58.6 Å². The quantitative estimate of drug-likeness (QED) is 0.830. The molecule has 23 heavy (non-hydrogen) atoms. The molecule has 4 nitrogen and oxygen atoms in total. The molecule has 120 valence electrons. The Balaban J connectivity index is 2.14. The van der Waals surface area contributed by atoms with Gasteiger partial charge in [-0.1, -0.05) is 41.4 Å². The fraction of sp³-hybridized carbons (Fsp3) is 0.167. The molecule has 0 unspecified atom stereocenters. The largest absolute Gasteiger partial charge is 0.495 e. The Morgan fingerprint density at radius 3 is 2.35 bits per heavy atom. The molecule has 0 bridgehead atoms. The molecule has 1 N–H and O–H groups in total. The summed E-state index contributed by atoms with van der Waals surface area (Å²) in [6.45, 7) is 2.01. The molecule has 2 aromatic rings. The molecule has 5 heteroatoms. The fourth-order valence-corrected chi connectivity index (χ4v) is 2.21. The van der Waals surface area contributed by atoms with Crippen LogP contribution >= 0.6 is 11.6 Å². The minimum absolute atomic E-state index is 0.270. The van der Waals surface area contributed by atoms with Gasteiger partial charge in [-0.15, -0.1) is 0 Å². The number of nitrogens with one attached hydrogen (secondary N) is 1. The second-order valence-corrected chi connectivity index (χ2v) is 5.33. The molecule has 0 saturated carbocycles. The molecule has 0 aliphatic carbocycles. The summed E-state index contributed by atoms with van der Waals surface area (Å²) in [5.41, 5.74) is 2.61. The van der Waals surface area contributed by atoms with E-state index in [1.165, 1.54) is 25.9 Å². The number of rotatable bonds is 5. The van der Waals surface area contributed by atoms with E-state index in [4.69, 9.17) is 21.1 Å². The summed E-state index contributed by atoms with van der Waals surface area (Å²) >= 11 is 6.04. The lowest BCUT2D eigenvalue weighted by atomic mass is 10.1. The summed E-state index contributed by atoms with van der Waals surface area (Å²) in [4.78, 5) is 12.1. The molecule has 0 spiro atoms. The standard InChI is InChI=1S/C18H18ClNO3/c1-12-4-6-13(7-5-12)8-9-18(21)20-15-11-16(22-2)14(19)10-17(15)23-3/h4-11H,1-3H3,(H,20,21). The number of halogens is 1. The van der Waals surface area contributed by atoms with Gasteiger partial charge in [-0.25, -0.2) is 0 Å². The van der Waals surface area contributed by atoms with Crippen molar-refractivity contribution in [1.82, 2.24) is 0 Å². The van der Waals surface area contributed by atoms with Gasteiger partial charge in [0.05, 0.1) is 24.9 Å². The molecule has 0 aliphatic heterocycles. The van der Waals surface area contributed by atoms with Crippen molar-refractivity contribution in [3.8, 4) is 11.5 Å². The predicted molar refractivity (Wildman–Crippen MR) is 93.4 cm³/mol. The van der Waals surface area contributed by atoms with E-state index in [2.05, 4.69) is 5.32 Å². The number of benzene rings is 2. The monoisotopic (exact) mass is 331 g/mol. The van der Waals surface area contributed by atoms with Crippen LogP contribution in [-0.4, -0.2) is 20.1 Å². The van der Waals surface area contributed by atoms with Crippen LogP contribution in [0.3, 0.4) is 0 Å². The van der Waals surface area contributed by atoms with Crippen LogP contribution in [0.4, 0.5) is 5.69 Å². The highest BCUT2D eigenvalue weighted by Gasteiger charge is 2.11. The van der Waals surface area contributed by atoms with E-state index < -0.39 is 0 Å². The Morgan fingerprint density at radius 2 is 1.74 bits per heavy atom. The van der Waals surface area contributed by atoms with Crippen LogP contribution in [0.25, 0.3) is 6.08 Å². The molecule has 0 aromatic heterocycles. The van der Waals surface area contributed by atoms with Gasteiger partial charge in [0.2, 0.25) is 5.91 Å². The average molecular weight is 332 g/mol. The zero-order valence-corrected chi connectivity index (χ0v) is 14.0. The summed E-state index contributed by atoms with van der Waals surface area (Å²) in [7, 11) is 3.02. The Bertz CT molecular complexity index is 724. The minimum atomic E-state index is -0.270. The number of aryl methyl sites for hydroxylation is 1. The number of ether oxygens (including phenoxy) is 2. The van der Waals surface area contributed by atoms with Crippen LogP contribution in [0.2, 0.25) is 5.02 Å². The first-order valence-electron chi connectivity index (χ1n) is 7.00. The third kappa shape index (κ3) is 4.50. The van der Waals surface area contributed by atoms with E-state index in [1.807, 2.05) is 31.2 Å². The van der Waals surface area contributed by atoms with E-state index in [1.54, 1.807) is 18.2 Å². The van der Waals surface area contributed by atoms with Crippen molar-refractivity contribution in [2.75, 3.05) is 19.5 Å². The fourth-order valence-electron chi connectivity index (χ4n) is 1.98. The number of amides is 1. The molecule has 2 aromatic carbocycles. The molecule has 0 heterocycles. The maximum absolute atomic E-state index is 12.1. The van der Waals surface area contributed by atoms with Gasteiger partial charge in [0, 0.05) is 18.2 Å². The maximum atomic E-state index is 12.1. The van der Waals surface area contributed by atoms with Crippen LogP contribution in [0.15, 0.2) is 42.5 Å². The van der Waals surface area contributed by atoms with Gasteiger partial charge >= 0.3 is 0 Å². The summed E-state index contributed by atoms with van der Waals surface area (Å²) < 4.78 is 10.4. The Morgan fingerprint density at radius 1 is 1.09 bits per heavy atom. The Labute approximate surface area is 140 Å². The number of carbonyl (C=O) groups excluding carboxylic acids is 1. The summed E-state index contributed by atoms with van der Waals surface area (Å²) in [5.74, 6) is 0.659. The lowest BCUT2D eigenvalue weighted by Gasteiger charge is -2.12. The van der Waals surface area contributed by atoms with Gasteiger partial charge < -0.3 is 14.8 Å². The third-order valence-corrected chi connectivity index (χ3v) is 3.53. The number of hydrogen-bond acceptors (Lipinski definition) is 3. The lowest BCUT2D eigenvalue weighted by Crippen LogP contribution is -2.09. The van der Waals surface area contributed by atoms with Crippen molar-refractivity contribution in [2.24, 2.45) is 0 Å². The Kier molecular flexibility index (Phi) is 5.66. The van der Waals surface area contributed by atoms with Gasteiger partial charge in [0.15, 0.2) is 0 Å². The first-order valence-corrected chi connectivity index (χ1v) is 7.38. The van der Waals surface area contributed by atoms with Crippen molar-refractivity contribution in [3.63, 3.8) is 0 Å². The zero-order valence-electron chi connectivity index (χ0n) is 13.2. The molecular weight excluding hydrogens is 314 g/mol. The van der Waals surface area contributed by atoms with Crippen LogP contribution in [0, 0.1) is 6.92 Å². The second kappa shape index (κ2) is 7.70. The number of carbonyl (C=O) groups is 1. The number of hydrogen-bond donors (Lipinski definition) is 1. The normalized spacial score (nSPS) is 10.6. The van der Waals surface area contributed by atoms with Gasteiger partial charge in [-0.3, -0.25) is 4.79 Å². The summed E-state index contributed by atoms with van der Waals surface area (Å²) in [6.07, 6.45) is 3.21. The van der Waals surface area contributed by atoms with Crippen LogP contribution in [0.1, 0.15) is 11.1 Å². The first-order chi connectivity index (χ1) is 11.0. The van der Waals surface area contributed by atoms with Gasteiger partial charge in [-0.05, 0) is 18.6 Å². The molecule has 2 rings (SSSR count). The number of anilines is 1. The van der Waals surface area contributed by atoms with Gasteiger partial charge in [-0.2, -0.15) is 0 Å².